The third-order valence-corrected chi connectivity index (χ3v) is 2.07. The van der Waals surface area contributed by atoms with E-state index in [9.17, 15) is 0 Å². The van der Waals surface area contributed by atoms with E-state index in [1.165, 1.54) is 25.7 Å². The summed E-state index contributed by atoms with van der Waals surface area (Å²) < 4.78 is 0. The number of dihydropyridines is 1. The Hall–Kier alpha value is -0.590. The quantitative estimate of drug-likeness (QED) is 0.548. The van der Waals surface area contributed by atoms with E-state index in [4.69, 9.17) is 0 Å². The molecule has 1 atom stereocenters. The minimum Gasteiger partial charge on any atom is -0.290 e. The lowest BCUT2D eigenvalue weighted by atomic mass is 10.0. The van der Waals surface area contributed by atoms with Crippen molar-refractivity contribution in [2.75, 3.05) is 0 Å². The van der Waals surface area contributed by atoms with Gasteiger partial charge in [0, 0.05) is 6.21 Å². The second kappa shape index (κ2) is 5.11. The van der Waals surface area contributed by atoms with Gasteiger partial charge in [0.25, 0.3) is 0 Å². The lowest BCUT2D eigenvalue weighted by molar-refractivity contribution is 0.565. The molecule has 0 spiro atoms. The molecule has 0 saturated carbocycles. The average Bonchev–Trinajstić information content (AvgIpc) is 2.07. The summed E-state index contributed by atoms with van der Waals surface area (Å²) in [7, 11) is 0. The molecule has 0 aromatic rings. The van der Waals surface area contributed by atoms with Crippen molar-refractivity contribution in [1.82, 2.24) is 0 Å². The van der Waals surface area contributed by atoms with Crippen LogP contribution < -0.4 is 0 Å². The predicted molar refractivity (Wildman–Crippen MR) is 50.2 cm³/mol. The molecule has 0 aromatic carbocycles. The molecule has 1 rings (SSSR count). The zero-order chi connectivity index (χ0) is 7.94. The van der Waals surface area contributed by atoms with E-state index in [0.717, 1.165) is 6.42 Å². The van der Waals surface area contributed by atoms with Crippen LogP contribution in [0.1, 0.15) is 39.0 Å². The number of unbranched alkanes of at least 4 members (excludes halogenated alkanes) is 2. The highest BCUT2D eigenvalue weighted by atomic mass is 14.8. The van der Waals surface area contributed by atoms with E-state index < -0.39 is 0 Å². The highest BCUT2D eigenvalue weighted by Crippen LogP contribution is 2.12. The molecule has 0 aliphatic carbocycles. The highest BCUT2D eigenvalue weighted by molar-refractivity contribution is 5.72. The van der Waals surface area contributed by atoms with Gasteiger partial charge in [0.1, 0.15) is 0 Å². The third-order valence-electron chi connectivity index (χ3n) is 2.07. The number of hydrogen-bond donors (Lipinski definition) is 0. The van der Waals surface area contributed by atoms with Crippen molar-refractivity contribution < 1.29 is 0 Å². The minimum atomic E-state index is 0.589. The topological polar surface area (TPSA) is 12.4 Å². The fraction of sp³-hybridized carbons (Fsp3) is 0.700. The van der Waals surface area contributed by atoms with Gasteiger partial charge in [-0.1, -0.05) is 32.3 Å². The molecule has 1 aliphatic rings. The van der Waals surface area contributed by atoms with Gasteiger partial charge in [-0.25, -0.2) is 0 Å². The van der Waals surface area contributed by atoms with Crippen molar-refractivity contribution in [2.24, 2.45) is 4.99 Å². The second-order valence-electron chi connectivity index (χ2n) is 3.11. The summed E-state index contributed by atoms with van der Waals surface area (Å²) in [4.78, 5) is 4.39. The SMILES string of the molecule is CCCCCC1CC=CC=N1. The van der Waals surface area contributed by atoms with Crippen LogP contribution in [0.25, 0.3) is 0 Å². The molecule has 0 radical (unpaired) electrons. The fourth-order valence-corrected chi connectivity index (χ4v) is 1.35. The first-order valence-electron chi connectivity index (χ1n) is 4.61. The maximum Gasteiger partial charge on any atom is 0.0534 e. The normalized spacial score (nSPS) is 22.5. The number of rotatable bonds is 4. The van der Waals surface area contributed by atoms with Crippen LogP contribution in [0.2, 0.25) is 0 Å². The third kappa shape index (κ3) is 3.35. The van der Waals surface area contributed by atoms with E-state index in [0.29, 0.717) is 6.04 Å². The minimum absolute atomic E-state index is 0.589. The molecule has 1 nitrogen and oxygen atoms in total. The molecule has 0 aromatic heterocycles. The molecule has 0 amide bonds. The van der Waals surface area contributed by atoms with Gasteiger partial charge in [-0.2, -0.15) is 0 Å². The van der Waals surface area contributed by atoms with Gasteiger partial charge in [0.05, 0.1) is 6.04 Å². The van der Waals surface area contributed by atoms with Gasteiger partial charge in [-0.05, 0) is 18.9 Å². The molecule has 1 aliphatic heterocycles. The Morgan fingerprint density at radius 2 is 2.36 bits per heavy atom. The lowest BCUT2D eigenvalue weighted by Gasteiger charge is -2.11. The largest absolute Gasteiger partial charge is 0.290 e. The molecule has 0 N–H and O–H groups in total. The Morgan fingerprint density at radius 1 is 1.45 bits per heavy atom. The summed E-state index contributed by atoms with van der Waals surface area (Å²) in [6, 6.07) is 0.589. The van der Waals surface area contributed by atoms with Crippen LogP contribution in [0.3, 0.4) is 0 Å². The van der Waals surface area contributed by atoms with Gasteiger partial charge >= 0.3 is 0 Å². The fourth-order valence-electron chi connectivity index (χ4n) is 1.35. The highest BCUT2D eigenvalue weighted by Gasteiger charge is 2.04. The number of aliphatic imine (C=N–C) groups is 1. The van der Waals surface area contributed by atoms with Gasteiger partial charge in [0.2, 0.25) is 0 Å². The summed E-state index contributed by atoms with van der Waals surface area (Å²) in [6.45, 7) is 2.24. The van der Waals surface area contributed by atoms with Crippen LogP contribution in [0.5, 0.6) is 0 Å². The van der Waals surface area contributed by atoms with Crippen LogP contribution in [0, 0.1) is 0 Å². The Kier molecular flexibility index (Phi) is 3.95. The zero-order valence-electron chi connectivity index (χ0n) is 7.29. The number of hydrogen-bond acceptors (Lipinski definition) is 1. The van der Waals surface area contributed by atoms with Crippen molar-refractivity contribution in [3.8, 4) is 0 Å². The Labute approximate surface area is 69.2 Å². The molecular weight excluding hydrogens is 134 g/mol. The van der Waals surface area contributed by atoms with Crippen LogP contribution >= 0.6 is 0 Å². The van der Waals surface area contributed by atoms with Crippen molar-refractivity contribution in [3.63, 3.8) is 0 Å². The van der Waals surface area contributed by atoms with E-state index in [2.05, 4.69) is 18.0 Å². The van der Waals surface area contributed by atoms with Gasteiger partial charge in [-0.15, -0.1) is 0 Å². The Balaban J connectivity index is 2.07. The maximum absolute atomic E-state index is 4.39. The van der Waals surface area contributed by atoms with E-state index in [1.807, 2.05) is 12.3 Å². The number of allylic oxidation sites excluding steroid dienone is 1. The maximum atomic E-state index is 4.39. The monoisotopic (exact) mass is 151 g/mol. The smallest absolute Gasteiger partial charge is 0.0534 e. The Bertz CT molecular complexity index is 147. The van der Waals surface area contributed by atoms with Crippen LogP contribution in [-0.2, 0) is 0 Å². The van der Waals surface area contributed by atoms with Gasteiger partial charge in [0.15, 0.2) is 0 Å². The van der Waals surface area contributed by atoms with Crippen molar-refractivity contribution in [2.45, 2.75) is 45.1 Å². The first-order chi connectivity index (χ1) is 5.43. The van der Waals surface area contributed by atoms with Crippen molar-refractivity contribution in [3.05, 3.63) is 12.2 Å². The van der Waals surface area contributed by atoms with E-state index in [1.54, 1.807) is 0 Å². The van der Waals surface area contributed by atoms with Crippen LogP contribution in [-0.4, -0.2) is 12.3 Å². The molecule has 1 heterocycles. The summed E-state index contributed by atoms with van der Waals surface area (Å²) in [5.41, 5.74) is 0. The molecule has 1 heteroatoms. The zero-order valence-corrected chi connectivity index (χ0v) is 7.29. The van der Waals surface area contributed by atoms with Crippen molar-refractivity contribution >= 4 is 6.21 Å². The van der Waals surface area contributed by atoms with Crippen molar-refractivity contribution in [1.29, 1.82) is 0 Å². The molecule has 1 unspecified atom stereocenters. The molecule has 11 heavy (non-hydrogen) atoms. The first-order valence-corrected chi connectivity index (χ1v) is 4.61. The first kappa shape index (κ1) is 8.51. The molecule has 0 fully saturated rings. The summed E-state index contributed by atoms with van der Waals surface area (Å²) in [5, 5.41) is 0. The number of nitrogens with zero attached hydrogens (tertiary/aromatic N) is 1. The van der Waals surface area contributed by atoms with Gasteiger partial charge < -0.3 is 0 Å². The average molecular weight is 151 g/mol. The Morgan fingerprint density at radius 3 is 3.00 bits per heavy atom. The molecule has 0 bridgehead atoms. The van der Waals surface area contributed by atoms with Crippen LogP contribution in [0.15, 0.2) is 17.1 Å². The summed E-state index contributed by atoms with van der Waals surface area (Å²) in [6.07, 6.45) is 12.6. The van der Waals surface area contributed by atoms with E-state index >= 15 is 0 Å². The van der Waals surface area contributed by atoms with Crippen LogP contribution in [0.4, 0.5) is 0 Å². The summed E-state index contributed by atoms with van der Waals surface area (Å²) >= 11 is 0. The molecular formula is C10H17N. The second-order valence-corrected chi connectivity index (χ2v) is 3.11. The van der Waals surface area contributed by atoms with E-state index in [-0.39, 0.29) is 0 Å². The standard InChI is InChI=1S/C10H17N/c1-2-3-4-7-10-8-5-6-9-11-10/h5-6,9-10H,2-4,7-8H2,1H3. The lowest BCUT2D eigenvalue weighted by Crippen LogP contribution is -2.05. The predicted octanol–water partition coefficient (Wildman–Crippen LogP) is 2.97. The molecule has 0 saturated heterocycles. The summed E-state index contributed by atoms with van der Waals surface area (Å²) in [5.74, 6) is 0. The van der Waals surface area contributed by atoms with Gasteiger partial charge in [-0.3, -0.25) is 4.99 Å². The molecule has 62 valence electrons.